The molecule has 0 aliphatic rings. The van der Waals surface area contributed by atoms with E-state index in [1.807, 2.05) is 0 Å². The highest BCUT2D eigenvalue weighted by Crippen LogP contribution is 2.33. The van der Waals surface area contributed by atoms with Crippen molar-refractivity contribution in [3.63, 3.8) is 0 Å². The Hall–Kier alpha value is -5.80. The van der Waals surface area contributed by atoms with Gasteiger partial charge in [-0.2, -0.15) is 26.3 Å². The first-order valence-corrected chi connectivity index (χ1v) is 12.6. The zero-order valence-corrected chi connectivity index (χ0v) is 22.7. The number of carboxylic acid groups (broad SMARTS) is 1. The maximum Gasteiger partial charge on any atom is 0.416 e. The van der Waals surface area contributed by atoms with Gasteiger partial charge in [0.25, 0.3) is 0 Å². The van der Waals surface area contributed by atoms with E-state index in [-0.39, 0.29) is 33.9 Å². The summed E-state index contributed by atoms with van der Waals surface area (Å²) in [7, 11) is 1.21. The second kappa shape index (κ2) is 11.7. The first kappa shape index (κ1) is 30.7. The summed E-state index contributed by atoms with van der Waals surface area (Å²) >= 11 is 0. The number of hydrogen-bond donors (Lipinski definition) is 1. The molecule has 4 aromatic heterocycles. The van der Waals surface area contributed by atoms with E-state index in [0.717, 1.165) is 24.3 Å². The number of hydrogen-bond acceptors (Lipinski definition) is 7. The van der Waals surface area contributed by atoms with E-state index in [1.54, 1.807) is 6.20 Å². The summed E-state index contributed by atoms with van der Waals surface area (Å²) in [5.74, 6) is -1.93. The first-order chi connectivity index (χ1) is 21.3. The van der Waals surface area contributed by atoms with Gasteiger partial charge in [0.05, 0.1) is 29.6 Å². The SMILES string of the molecule is COC(=O)c1nccn2cc(-c3cccc(C(F)(F)F)c3)nc12.O=C(O)c1nccn2cc(-c3cccc(C(F)(F)F)c3)nc12. The Morgan fingerprint density at radius 1 is 0.733 bits per heavy atom. The van der Waals surface area contributed by atoms with Gasteiger partial charge in [-0.25, -0.2) is 29.5 Å². The number of rotatable bonds is 4. The molecule has 6 rings (SSSR count). The molecule has 2 aromatic carbocycles. The Labute approximate surface area is 248 Å². The van der Waals surface area contributed by atoms with Gasteiger partial charge < -0.3 is 18.6 Å². The molecule has 230 valence electrons. The van der Waals surface area contributed by atoms with Crippen molar-refractivity contribution in [1.29, 1.82) is 0 Å². The summed E-state index contributed by atoms with van der Waals surface area (Å²) in [6.45, 7) is 0. The van der Waals surface area contributed by atoms with E-state index in [0.29, 0.717) is 11.3 Å². The van der Waals surface area contributed by atoms with Crippen molar-refractivity contribution in [3.8, 4) is 22.5 Å². The van der Waals surface area contributed by atoms with Crippen LogP contribution in [0.2, 0.25) is 0 Å². The number of halogens is 6. The first-order valence-electron chi connectivity index (χ1n) is 12.6. The number of imidazole rings is 2. The molecule has 0 radical (unpaired) electrons. The summed E-state index contributed by atoms with van der Waals surface area (Å²) in [4.78, 5) is 38.7. The van der Waals surface area contributed by atoms with Gasteiger partial charge in [-0.05, 0) is 24.3 Å². The van der Waals surface area contributed by atoms with Crippen LogP contribution in [0, 0.1) is 0 Å². The number of carboxylic acids is 1. The summed E-state index contributed by atoms with van der Waals surface area (Å²) < 4.78 is 84.2. The van der Waals surface area contributed by atoms with Crippen LogP contribution >= 0.6 is 0 Å². The lowest BCUT2D eigenvalue weighted by Crippen LogP contribution is -2.06. The number of aromatic carboxylic acids is 1. The molecule has 16 heteroatoms. The number of benzene rings is 2. The lowest BCUT2D eigenvalue weighted by molar-refractivity contribution is -0.138. The molecule has 0 saturated carbocycles. The molecular formula is C29H18F6N6O4. The summed E-state index contributed by atoms with van der Waals surface area (Å²) in [6, 6.07) is 9.50. The maximum atomic E-state index is 12.8. The second-order valence-electron chi connectivity index (χ2n) is 9.22. The molecular weight excluding hydrogens is 610 g/mol. The minimum Gasteiger partial charge on any atom is -0.476 e. The van der Waals surface area contributed by atoms with Crippen LogP contribution in [0.5, 0.6) is 0 Å². The van der Waals surface area contributed by atoms with Gasteiger partial charge in [0.1, 0.15) is 0 Å². The largest absolute Gasteiger partial charge is 0.476 e. The fraction of sp³-hybridized carbons (Fsp3) is 0.103. The fourth-order valence-electron chi connectivity index (χ4n) is 4.22. The van der Waals surface area contributed by atoms with Crippen molar-refractivity contribution >= 4 is 23.2 Å². The molecule has 10 nitrogen and oxygen atoms in total. The summed E-state index contributed by atoms with van der Waals surface area (Å²) in [5, 5.41) is 9.05. The van der Waals surface area contributed by atoms with Crippen LogP contribution in [-0.2, 0) is 17.1 Å². The fourth-order valence-corrected chi connectivity index (χ4v) is 4.22. The molecule has 0 atom stereocenters. The van der Waals surface area contributed by atoms with Crippen LogP contribution in [0.4, 0.5) is 26.3 Å². The molecule has 6 aromatic rings. The Kier molecular flexibility index (Phi) is 7.97. The highest BCUT2D eigenvalue weighted by Gasteiger charge is 2.31. The van der Waals surface area contributed by atoms with Gasteiger partial charge in [0.15, 0.2) is 22.7 Å². The molecule has 0 aliphatic heterocycles. The number of methoxy groups -OCH3 is 1. The van der Waals surface area contributed by atoms with Gasteiger partial charge in [-0.3, -0.25) is 0 Å². The maximum absolute atomic E-state index is 12.8. The van der Waals surface area contributed by atoms with Gasteiger partial charge >= 0.3 is 24.3 Å². The van der Waals surface area contributed by atoms with Crippen molar-refractivity contribution in [3.05, 3.63) is 108 Å². The van der Waals surface area contributed by atoms with Crippen LogP contribution in [0.1, 0.15) is 32.1 Å². The van der Waals surface area contributed by atoms with Crippen molar-refractivity contribution in [2.75, 3.05) is 7.11 Å². The number of ether oxygens (including phenoxy) is 1. The number of carbonyl (C=O) groups excluding carboxylic acids is 1. The molecule has 1 N–H and O–H groups in total. The molecule has 0 unspecified atom stereocenters. The molecule has 0 spiro atoms. The van der Waals surface area contributed by atoms with Crippen molar-refractivity contribution in [1.82, 2.24) is 28.7 Å². The molecule has 45 heavy (non-hydrogen) atoms. The zero-order valence-electron chi connectivity index (χ0n) is 22.7. The standard InChI is InChI=1S/C15H10F3N3O2.C14H8F3N3O2/c1-23-14(22)12-13-20-11(8-21(13)6-5-19-12)9-3-2-4-10(7-9)15(16,17)18;15-14(16,17)9-3-1-2-8(6-9)10-7-20-5-4-18-11(13(21)22)12(20)19-10/h2-8H,1H3;1-7H,(H,21,22). The normalized spacial score (nSPS) is 11.7. The van der Waals surface area contributed by atoms with E-state index >= 15 is 0 Å². The third kappa shape index (κ3) is 6.43. The topological polar surface area (TPSA) is 124 Å². The lowest BCUT2D eigenvalue weighted by atomic mass is 10.1. The molecule has 0 amide bonds. The molecule has 0 fully saturated rings. The Morgan fingerprint density at radius 3 is 1.60 bits per heavy atom. The van der Waals surface area contributed by atoms with Crippen molar-refractivity contribution in [2.45, 2.75) is 12.4 Å². The van der Waals surface area contributed by atoms with Crippen LogP contribution < -0.4 is 0 Å². The number of fused-ring (bicyclic) bond motifs is 2. The second-order valence-corrected chi connectivity index (χ2v) is 9.22. The van der Waals surface area contributed by atoms with Gasteiger partial charge in [0.2, 0.25) is 0 Å². The van der Waals surface area contributed by atoms with E-state index in [9.17, 15) is 35.9 Å². The van der Waals surface area contributed by atoms with E-state index in [1.165, 1.54) is 71.2 Å². The van der Waals surface area contributed by atoms with Crippen molar-refractivity contribution in [2.24, 2.45) is 0 Å². The number of nitrogens with zero attached hydrogens (tertiary/aromatic N) is 6. The molecule has 4 heterocycles. The molecule has 0 aliphatic carbocycles. The summed E-state index contributed by atoms with van der Waals surface area (Å²) in [5.41, 5.74) is -0.467. The molecule has 0 saturated heterocycles. The van der Waals surface area contributed by atoms with Crippen LogP contribution in [0.25, 0.3) is 33.8 Å². The van der Waals surface area contributed by atoms with E-state index < -0.39 is 35.4 Å². The Bertz CT molecular complexity index is 2050. The quantitative estimate of drug-likeness (QED) is 0.178. The number of aromatic nitrogens is 6. The van der Waals surface area contributed by atoms with Gasteiger partial charge in [-0.15, -0.1) is 0 Å². The van der Waals surface area contributed by atoms with E-state index in [4.69, 9.17) is 5.11 Å². The third-order valence-corrected chi connectivity index (χ3v) is 6.30. The average molecular weight is 628 g/mol. The van der Waals surface area contributed by atoms with E-state index in [2.05, 4.69) is 24.7 Å². The highest BCUT2D eigenvalue weighted by molar-refractivity contribution is 5.94. The predicted molar refractivity (Wildman–Crippen MR) is 145 cm³/mol. The van der Waals surface area contributed by atoms with Crippen LogP contribution in [-0.4, -0.2) is 52.9 Å². The minimum atomic E-state index is -4.46. The Balaban J connectivity index is 0.000000178. The monoisotopic (exact) mass is 628 g/mol. The van der Waals surface area contributed by atoms with Crippen LogP contribution in [0.3, 0.4) is 0 Å². The van der Waals surface area contributed by atoms with Crippen molar-refractivity contribution < 1.29 is 45.8 Å². The number of carbonyl (C=O) groups is 2. The predicted octanol–water partition coefficient (Wildman–Crippen LogP) is 6.32. The zero-order chi connectivity index (χ0) is 32.5. The lowest BCUT2D eigenvalue weighted by Gasteiger charge is -2.07. The smallest absolute Gasteiger partial charge is 0.416 e. The minimum absolute atomic E-state index is 0.00627. The Morgan fingerprint density at radius 2 is 1.18 bits per heavy atom. The highest BCUT2D eigenvalue weighted by atomic mass is 19.4. The van der Waals surface area contributed by atoms with Crippen LogP contribution in [0.15, 0.2) is 85.7 Å². The summed E-state index contributed by atoms with van der Waals surface area (Å²) in [6.07, 6.45) is -0.211. The number of esters is 1. The van der Waals surface area contributed by atoms with Gasteiger partial charge in [0, 0.05) is 48.3 Å². The third-order valence-electron chi connectivity index (χ3n) is 6.30. The van der Waals surface area contributed by atoms with Gasteiger partial charge in [-0.1, -0.05) is 24.3 Å². The molecule has 0 bridgehead atoms. The number of alkyl halides is 6. The average Bonchev–Trinajstić information content (AvgIpc) is 3.65.